The summed E-state index contributed by atoms with van der Waals surface area (Å²) in [5.41, 5.74) is 3.36. The van der Waals surface area contributed by atoms with E-state index in [1.807, 2.05) is 0 Å². The molecule has 19 heavy (non-hydrogen) atoms. The number of anilines is 1. The second kappa shape index (κ2) is 4.39. The van der Waals surface area contributed by atoms with E-state index in [1.54, 1.807) is 7.05 Å². The van der Waals surface area contributed by atoms with Gasteiger partial charge in [-0.3, -0.25) is 0 Å². The van der Waals surface area contributed by atoms with Gasteiger partial charge in [0.05, 0.1) is 12.1 Å². The van der Waals surface area contributed by atoms with E-state index in [1.165, 1.54) is 16.3 Å². The van der Waals surface area contributed by atoms with Gasteiger partial charge >= 0.3 is 0 Å². The summed E-state index contributed by atoms with van der Waals surface area (Å²) in [6, 6.07) is 4.37. The fourth-order valence-corrected chi connectivity index (χ4v) is 3.18. The van der Waals surface area contributed by atoms with E-state index < -0.39 is 0 Å². The molecule has 104 valence electrons. The Kier molecular flexibility index (Phi) is 2.95. The van der Waals surface area contributed by atoms with Crippen molar-refractivity contribution >= 4 is 5.69 Å². The van der Waals surface area contributed by atoms with Gasteiger partial charge in [0.2, 0.25) is 0 Å². The molecule has 1 aromatic rings. The van der Waals surface area contributed by atoms with Crippen LogP contribution < -0.4 is 9.64 Å². The smallest absolute Gasteiger partial charge is 0.124 e. The second-order valence-corrected chi connectivity index (χ2v) is 5.90. The fourth-order valence-electron chi connectivity index (χ4n) is 3.18. The van der Waals surface area contributed by atoms with Crippen LogP contribution in [0.1, 0.15) is 30.9 Å². The first-order valence-electron chi connectivity index (χ1n) is 6.96. The highest BCUT2D eigenvalue weighted by atomic mass is 16.5. The molecule has 1 atom stereocenters. The summed E-state index contributed by atoms with van der Waals surface area (Å²) >= 11 is 0. The molecule has 1 N–H and O–H groups in total. The average molecular weight is 262 g/mol. The maximum Gasteiger partial charge on any atom is 0.124 e. The lowest BCUT2D eigenvalue weighted by molar-refractivity contribution is -0.153. The Morgan fingerprint density at radius 3 is 2.95 bits per heavy atom. The molecular formula is C15H22N2O2. The number of hydroxylamine groups is 2. The minimum Gasteiger partial charge on any atom is -0.493 e. The number of likely N-dealkylation sites (N-methyl/N-ethyl adjacent to an activating group) is 1. The van der Waals surface area contributed by atoms with Gasteiger partial charge < -0.3 is 14.8 Å². The largest absolute Gasteiger partial charge is 0.493 e. The molecule has 0 saturated carbocycles. The predicted octanol–water partition coefficient (Wildman–Crippen LogP) is 2.39. The molecule has 0 amide bonds. The number of hydrogen-bond donors (Lipinski definition) is 1. The number of fused-ring (bicyclic) bond motifs is 2. The zero-order chi connectivity index (χ0) is 13.6. The molecule has 2 aliphatic rings. The van der Waals surface area contributed by atoms with Crippen LogP contribution in [0.15, 0.2) is 12.1 Å². The molecule has 1 aromatic carbocycles. The van der Waals surface area contributed by atoms with Crippen molar-refractivity contribution in [3.63, 3.8) is 0 Å². The van der Waals surface area contributed by atoms with Gasteiger partial charge in [0, 0.05) is 31.9 Å². The Hall–Kier alpha value is -1.26. The molecule has 0 fully saturated rings. The fraction of sp³-hybridized carbons (Fsp3) is 0.600. The van der Waals surface area contributed by atoms with E-state index in [4.69, 9.17) is 4.74 Å². The molecule has 0 bridgehead atoms. The van der Waals surface area contributed by atoms with E-state index in [0.29, 0.717) is 0 Å². The lowest BCUT2D eigenvalue weighted by Gasteiger charge is -2.35. The molecule has 0 saturated heterocycles. The Labute approximate surface area is 114 Å². The summed E-state index contributed by atoms with van der Waals surface area (Å²) in [5, 5.41) is 11.4. The van der Waals surface area contributed by atoms with Crippen molar-refractivity contribution < 1.29 is 9.94 Å². The quantitative estimate of drug-likeness (QED) is 0.788. The van der Waals surface area contributed by atoms with Crippen LogP contribution in [0.5, 0.6) is 5.75 Å². The van der Waals surface area contributed by atoms with Crippen LogP contribution in [0.3, 0.4) is 0 Å². The summed E-state index contributed by atoms with van der Waals surface area (Å²) in [7, 11) is 3.85. The van der Waals surface area contributed by atoms with Gasteiger partial charge in [-0.05, 0) is 43.9 Å². The Balaban J connectivity index is 2.16. The van der Waals surface area contributed by atoms with Gasteiger partial charge in [0.1, 0.15) is 5.75 Å². The Bertz CT molecular complexity index is 501. The summed E-state index contributed by atoms with van der Waals surface area (Å²) in [6.07, 6.45) is 2.93. The molecule has 4 heteroatoms. The van der Waals surface area contributed by atoms with Crippen LogP contribution in [0, 0.1) is 0 Å². The van der Waals surface area contributed by atoms with Crippen molar-refractivity contribution in [1.29, 1.82) is 0 Å². The van der Waals surface area contributed by atoms with E-state index in [0.717, 1.165) is 43.7 Å². The van der Waals surface area contributed by atoms with Gasteiger partial charge in [-0.1, -0.05) is 0 Å². The van der Waals surface area contributed by atoms with Gasteiger partial charge in [-0.15, -0.1) is 0 Å². The minimum absolute atomic E-state index is 0.371. The number of nitrogens with zero attached hydrogens (tertiary/aromatic N) is 2. The average Bonchev–Trinajstić information content (AvgIpc) is 2.64. The SMILES string of the molecule is CN1CCc2cc3c(cc21)C(C)(N(C)O)CCCO3. The van der Waals surface area contributed by atoms with Gasteiger partial charge in [0.25, 0.3) is 0 Å². The number of rotatable bonds is 1. The number of hydrogen-bond acceptors (Lipinski definition) is 4. The maximum absolute atomic E-state index is 10.1. The normalized spacial score (nSPS) is 25.8. The van der Waals surface area contributed by atoms with Crippen molar-refractivity contribution in [3.8, 4) is 5.75 Å². The third-order valence-corrected chi connectivity index (χ3v) is 4.67. The van der Waals surface area contributed by atoms with E-state index in [9.17, 15) is 5.21 Å². The maximum atomic E-state index is 10.1. The van der Waals surface area contributed by atoms with Crippen LogP contribution in [0.2, 0.25) is 0 Å². The van der Waals surface area contributed by atoms with E-state index in [-0.39, 0.29) is 5.54 Å². The zero-order valence-corrected chi connectivity index (χ0v) is 11.9. The predicted molar refractivity (Wildman–Crippen MR) is 75.0 cm³/mol. The topological polar surface area (TPSA) is 35.9 Å². The van der Waals surface area contributed by atoms with Crippen molar-refractivity contribution in [2.45, 2.75) is 31.7 Å². The Morgan fingerprint density at radius 1 is 1.42 bits per heavy atom. The first-order valence-corrected chi connectivity index (χ1v) is 6.96. The van der Waals surface area contributed by atoms with Crippen molar-refractivity contribution in [2.24, 2.45) is 0 Å². The first-order chi connectivity index (χ1) is 9.02. The van der Waals surface area contributed by atoms with E-state index >= 15 is 0 Å². The molecule has 1 unspecified atom stereocenters. The summed E-state index contributed by atoms with van der Waals surface area (Å²) in [6.45, 7) is 3.87. The molecule has 3 rings (SSSR count). The van der Waals surface area contributed by atoms with Gasteiger partial charge in [0.15, 0.2) is 0 Å². The molecule has 0 spiro atoms. The third-order valence-electron chi connectivity index (χ3n) is 4.67. The molecule has 0 aromatic heterocycles. The highest BCUT2D eigenvalue weighted by Gasteiger charge is 2.36. The molecule has 4 nitrogen and oxygen atoms in total. The van der Waals surface area contributed by atoms with Crippen molar-refractivity contribution in [2.75, 3.05) is 32.1 Å². The number of benzene rings is 1. The molecule has 0 radical (unpaired) electrons. The third kappa shape index (κ3) is 1.90. The summed E-state index contributed by atoms with van der Waals surface area (Å²) in [4.78, 5) is 2.28. The monoisotopic (exact) mass is 262 g/mol. The van der Waals surface area contributed by atoms with Gasteiger partial charge in [-0.25, -0.2) is 0 Å². The first kappa shape index (κ1) is 12.8. The van der Waals surface area contributed by atoms with Crippen molar-refractivity contribution in [1.82, 2.24) is 5.06 Å². The highest BCUT2D eigenvalue weighted by molar-refractivity contribution is 5.63. The van der Waals surface area contributed by atoms with E-state index in [2.05, 4.69) is 31.0 Å². The van der Waals surface area contributed by atoms with Crippen LogP contribution in [-0.2, 0) is 12.0 Å². The number of ether oxygens (including phenoxy) is 1. The molecule has 2 heterocycles. The van der Waals surface area contributed by atoms with Crippen molar-refractivity contribution in [3.05, 3.63) is 23.3 Å². The lowest BCUT2D eigenvalue weighted by Crippen LogP contribution is -2.38. The van der Waals surface area contributed by atoms with Crippen LogP contribution in [0.4, 0.5) is 5.69 Å². The molecule has 2 aliphatic heterocycles. The Morgan fingerprint density at radius 2 is 2.21 bits per heavy atom. The standard InChI is InChI=1S/C15H22N2O2/c1-15(17(3)18)6-4-8-19-14-9-11-5-7-16(2)13(11)10-12(14)15/h9-10,18H,4-8H2,1-3H3. The van der Waals surface area contributed by atoms with Crippen LogP contribution in [-0.4, -0.2) is 37.5 Å². The van der Waals surface area contributed by atoms with Gasteiger partial charge in [-0.2, -0.15) is 5.06 Å². The van der Waals surface area contributed by atoms with Crippen LogP contribution in [0.25, 0.3) is 0 Å². The summed E-state index contributed by atoms with van der Waals surface area (Å²) < 4.78 is 5.90. The van der Waals surface area contributed by atoms with Crippen LogP contribution >= 0.6 is 0 Å². The summed E-state index contributed by atoms with van der Waals surface area (Å²) in [5.74, 6) is 0.940. The molecular weight excluding hydrogens is 240 g/mol. The lowest BCUT2D eigenvalue weighted by atomic mass is 9.86. The zero-order valence-electron chi connectivity index (χ0n) is 11.9. The second-order valence-electron chi connectivity index (χ2n) is 5.90. The highest BCUT2D eigenvalue weighted by Crippen LogP contribution is 2.43. The molecule has 0 aliphatic carbocycles. The minimum atomic E-state index is -0.371.